The van der Waals surface area contributed by atoms with E-state index in [0.717, 1.165) is 60.0 Å². The van der Waals surface area contributed by atoms with E-state index in [0.29, 0.717) is 5.56 Å². The second-order valence-electron chi connectivity index (χ2n) is 9.06. The normalized spacial score (nSPS) is 16.5. The van der Waals surface area contributed by atoms with E-state index >= 15 is 0 Å². The zero-order valence-corrected chi connectivity index (χ0v) is 18.1. The van der Waals surface area contributed by atoms with Crippen LogP contribution in [-0.4, -0.2) is 37.2 Å². The molecule has 0 fully saturated rings. The maximum atomic E-state index is 13.3. The molecule has 0 unspecified atom stereocenters. The molecular weight excluding hydrogens is 404 g/mol. The molecule has 1 amide bonds. The summed E-state index contributed by atoms with van der Waals surface area (Å²) in [5.41, 5.74) is 5.07. The van der Waals surface area contributed by atoms with Gasteiger partial charge in [0.15, 0.2) is 0 Å². The molecule has 0 radical (unpaired) electrons. The number of hydrogen-bond donors (Lipinski definition) is 1. The molecule has 1 aromatic carbocycles. The molecule has 0 saturated carbocycles. The van der Waals surface area contributed by atoms with E-state index in [9.17, 15) is 4.79 Å². The molecular formula is C24H24N6O2. The van der Waals surface area contributed by atoms with Gasteiger partial charge in [-0.15, -0.1) is 0 Å². The average Bonchev–Trinajstić information content (AvgIpc) is 3.47. The molecule has 2 aliphatic rings. The lowest BCUT2D eigenvalue weighted by molar-refractivity contribution is 0.102. The van der Waals surface area contributed by atoms with Crippen LogP contribution in [0.2, 0.25) is 0 Å². The van der Waals surface area contributed by atoms with Crippen molar-refractivity contribution in [3.05, 3.63) is 72.1 Å². The molecule has 0 aliphatic carbocycles. The van der Waals surface area contributed by atoms with Gasteiger partial charge < -0.3 is 19.5 Å². The van der Waals surface area contributed by atoms with Crippen LogP contribution in [0.5, 0.6) is 5.75 Å². The van der Waals surface area contributed by atoms with Gasteiger partial charge in [-0.1, -0.05) is 6.07 Å². The van der Waals surface area contributed by atoms with E-state index in [1.165, 1.54) is 0 Å². The van der Waals surface area contributed by atoms with Crippen LogP contribution in [0.3, 0.4) is 0 Å². The Morgan fingerprint density at radius 1 is 1.19 bits per heavy atom. The fourth-order valence-electron chi connectivity index (χ4n) is 4.69. The number of imidazole rings is 1. The Kier molecular flexibility index (Phi) is 4.05. The maximum Gasteiger partial charge on any atom is 0.259 e. The molecule has 2 aliphatic heterocycles. The Balaban J connectivity index is 1.39. The minimum atomic E-state index is -0.259. The van der Waals surface area contributed by atoms with Crippen molar-refractivity contribution >= 4 is 22.8 Å². The van der Waals surface area contributed by atoms with E-state index in [1.54, 1.807) is 10.7 Å². The van der Waals surface area contributed by atoms with Gasteiger partial charge in [0.2, 0.25) is 0 Å². The molecule has 5 heterocycles. The third kappa shape index (κ3) is 3.10. The van der Waals surface area contributed by atoms with Crippen molar-refractivity contribution in [2.75, 3.05) is 16.8 Å². The first-order chi connectivity index (χ1) is 15.5. The summed E-state index contributed by atoms with van der Waals surface area (Å²) in [6.07, 6.45) is 8.02. The molecule has 1 N–H and O–H groups in total. The molecule has 162 valence electrons. The first-order valence-corrected chi connectivity index (χ1v) is 10.8. The predicted octanol–water partition coefficient (Wildman–Crippen LogP) is 3.52. The highest BCUT2D eigenvalue weighted by molar-refractivity contribution is 6.10. The summed E-state index contributed by atoms with van der Waals surface area (Å²) in [5, 5.41) is 7.47. The SMILES string of the molecule is CC1(C)Cc2cc(NC(=O)c3cnn4ccccc34)c(N3CCn4cncc4C3)cc2O1. The van der Waals surface area contributed by atoms with Gasteiger partial charge in [-0.25, -0.2) is 9.50 Å². The number of anilines is 2. The number of carbonyl (C=O) groups excluding carboxylic acids is 1. The average molecular weight is 428 g/mol. The van der Waals surface area contributed by atoms with Crippen LogP contribution in [0.25, 0.3) is 5.52 Å². The number of nitrogens with one attached hydrogen (secondary N) is 1. The summed E-state index contributed by atoms with van der Waals surface area (Å²) in [4.78, 5) is 19.8. The van der Waals surface area contributed by atoms with Gasteiger partial charge in [-0.2, -0.15) is 5.10 Å². The topological polar surface area (TPSA) is 76.7 Å². The molecule has 3 aromatic heterocycles. The molecule has 0 spiro atoms. The molecule has 0 saturated heterocycles. The smallest absolute Gasteiger partial charge is 0.259 e. The molecule has 0 atom stereocenters. The Morgan fingerprint density at radius 2 is 2.09 bits per heavy atom. The number of carbonyl (C=O) groups is 1. The van der Waals surface area contributed by atoms with Gasteiger partial charge in [-0.3, -0.25) is 4.79 Å². The van der Waals surface area contributed by atoms with Crippen molar-refractivity contribution in [3.63, 3.8) is 0 Å². The zero-order valence-electron chi connectivity index (χ0n) is 18.1. The Morgan fingerprint density at radius 3 is 3.00 bits per heavy atom. The van der Waals surface area contributed by atoms with Gasteiger partial charge in [0.1, 0.15) is 11.4 Å². The number of hydrogen-bond acceptors (Lipinski definition) is 5. The Hall–Kier alpha value is -3.81. The van der Waals surface area contributed by atoms with Crippen LogP contribution in [-0.2, 0) is 19.5 Å². The minimum Gasteiger partial charge on any atom is -0.487 e. The number of rotatable bonds is 3. The molecule has 6 rings (SSSR count). The highest BCUT2D eigenvalue weighted by Crippen LogP contribution is 2.42. The predicted molar refractivity (Wildman–Crippen MR) is 121 cm³/mol. The van der Waals surface area contributed by atoms with Crippen molar-refractivity contribution in [3.8, 4) is 5.75 Å². The lowest BCUT2D eigenvalue weighted by atomic mass is 10.0. The third-order valence-corrected chi connectivity index (χ3v) is 6.20. The van der Waals surface area contributed by atoms with Gasteiger partial charge in [0, 0.05) is 43.5 Å². The third-order valence-electron chi connectivity index (χ3n) is 6.20. The molecule has 8 nitrogen and oxygen atoms in total. The van der Waals surface area contributed by atoms with Crippen LogP contribution < -0.4 is 15.0 Å². The zero-order chi connectivity index (χ0) is 21.9. The van der Waals surface area contributed by atoms with Crippen LogP contribution in [0, 0.1) is 0 Å². The van der Waals surface area contributed by atoms with Crippen LogP contribution >= 0.6 is 0 Å². The molecule has 32 heavy (non-hydrogen) atoms. The van der Waals surface area contributed by atoms with Gasteiger partial charge in [0.25, 0.3) is 5.91 Å². The van der Waals surface area contributed by atoms with Crippen molar-refractivity contribution in [2.45, 2.75) is 39.0 Å². The van der Waals surface area contributed by atoms with E-state index in [-0.39, 0.29) is 11.5 Å². The lowest BCUT2D eigenvalue weighted by Crippen LogP contribution is -2.33. The van der Waals surface area contributed by atoms with E-state index in [4.69, 9.17) is 4.74 Å². The molecule has 4 aromatic rings. The van der Waals surface area contributed by atoms with Crippen LogP contribution in [0.15, 0.2) is 55.2 Å². The number of fused-ring (bicyclic) bond motifs is 3. The second kappa shape index (κ2) is 6.85. The number of nitrogens with zero attached hydrogens (tertiary/aromatic N) is 5. The number of benzene rings is 1. The van der Waals surface area contributed by atoms with E-state index in [1.807, 2.05) is 36.9 Å². The first-order valence-electron chi connectivity index (χ1n) is 10.8. The quantitative estimate of drug-likeness (QED) is 0.540. The number of ether oxygens (including phenoxy) is 1. The second-order valence-corrected chi connectivity index (χ2v) is 9.06. The number of amides is 1. The highest BCUT2D eigenvalue weighted by atomic mass is 16.5. The van der Waals surface area contributed by atoms with E-state index in [2.05, 4.69) is 50.8 Å². The van der Waals surface area contributed by atoms with Gasteiger partial charge in [-0.05, 0) is 32.0 Å². The summed E-state index contributed by atoms with van der Waals surface area (Å²) in [6.45, 7) is 6.57. The minimum absolute atomic E-state index is 0.173. The fraction of sp³-hybridized carbons (Fsp3) is 0.292. The standard InChI is InChI=1S/C24H24N6O2/c1-24(2)11-16-9-19(27-23(31)18-13-26-30-6-4-3-5-20(18)30)21(10-22(16)32-24)28-7-8-29-15-25-12-17(29)14-28/h3-6,9-10,12-13,15H,7-8,11,14H2,1-2H3,(H,27,31). The van der Waals surface area contributed by atoms with Crippen molar-refractivity contribution in [1.29, 1.82) is 0 Å². The van der Waals surface area contributed by atoms with E-state index < -0.39 is 0 Å². The summed E-state index contributed by atoms with van der Waals surface area (Å²) in [5.74, 6) is 0.714. The largest absolute Gasteiger partial charge is 0.487 e. The summed E-state index contributed by atoms with van der Waals surface area (Å²) in [6, 6.07) is 9.83. The van der Waals surface area contributed by atoms with Gasteiger partial charge >= 0.3 is 0 Å². The lowest BCUT2D eigenvalue weighted by Gasteiger charge is -2.32. The number of pyridine rings is 1. The van der Waals surface area contributed by atoms with Crippen molar-refractivity contribution in [2.24, 2.45) is 0 Å². The maximum absolute atomic E-state index is 13.3. The van der Waals surface area contributed by atoms with Crippen molar-refractivity contribution < 1.29 is 9.53 Å². The van der Waals surface area contributed by atoms with Crippen LogP contribution in [0.4, 0.5) is 11.4 Å². The van der Waals surface area contributed by atoms with Gasteiger partial charge in [0.05, 0.1) is 47.2 Å². The summed E-state index contributed by atoms with van der Waals surface area (Å²) < 4.78 is 10.1. The van der Waals surface area contributed by atoms with Crippen LogP contribution in [0.1, 0.15) is 35.5 Å². The first kappa shape index (κ1) is 18.9. The fourth-order valence-corrected chi connectivity index (χ4v) is 4.69. The highest BCUT2D eigenvalue weighted by Gasteiger charge is 2.32. The summed E-state index contributed by atoms with van der Waals surface area (Å²) in [7, 11) is 0. The molecule has 0 bridgehead atoms. The Bertz CT molecular complexity index is 1350. The van der Waals surface area contributed by atoms with Crippen molar-refractivity contribution in [1.82, 2.24) is 19.2 Å². The number of aromatic nitrogens is 4. The molecule has 8 heteroatoms. The summed E-state index contributed by atoms with van der Waals surface area (Å²) >= 11 is 0. The Labute approximate surface area is 185 Å². The monoisotopic (exact) mass is 428 g/mol.